The van der Waals surface area contributed by atoms with Gasteiger partial charge >= 0.3 is 12.3 Å². The van der Waals surface area contributed by atoms with Crippen molar-refractivity contribution in [3.63, 3.8) is 0 Å². The van der Waals surface area contributed by atoms with Crippen LogP contribution in [0.25, 0.3) is 10.4 Å². The number of hydrogen-bond donors (Lipinski definition) is 1. The van der Waals surface area contributed by atoms with E-state index in [4.69, 9.17) is 9.47 Å². The Labute approximate surface area is 193 Å². The van der Waals surface area contributed by atoms with Crippen LogP contribution in [0.15, 0.2) is 54.6 Å². The quantitative estimate of drug-likeness (QED) is 0.373. The Bertz CT molecular complexity index is 1060. The Morgan fingerprint density at radius 2 is 1.70 bits per heavy atom. The maximum atomic E-state index is 12.3. The summed E-state index contributed by atoms with van der Waals surface area (Å²) in [5.41, 5.74) is 2.63. The molecule has 0 radical (unpaired) electrons. The third-order valence-corrected chi connectivity index (χ3v) is 6.01. The lowest BCUT2D eigenvalue weighted by atomic mass is 10.1. The molecule has 0 aliphatic rings. The topological polar surface area (TPSA) is 65.0 Å². The molecule has 0 aliphatic carbocycles. The number of aryl methyl sites for hydroxylation is 1. The van der Waals surface area contributed by atoms with Crippen molar-refractivity contribution in [1.29, 1.82) is 0 Å². The number of thiophene rings is 1. The molecule has 1 heterocycles. The van der Waals surface area contributed by atoms with E-state index in [9.17, 15) is 23.1 Å². The monoisotopic (exact) mass is 480 g/mol. The van der Waals surface area contributed by atoms with Crippen LogP contribution in [0.1, 0.15) is 22.9 Å². The molecule has 2 aromatic carbocycles. The molecule has 9 heteroatoms. The van der Waals surface area contributed by atoms with Crippen molar-refractivity contribution in [2.45, 2.75) is 39.3 Å². The van der Waals surface area contributed by atoms with Crippen LogP contribution >= 0.6 is 11.3 Å². The van der Waals surface area contributed by atoms with Gasteiger partial charge in [-0.3, -0.25) is 0 Å². The maximum absolute atomic E-state index is 12.3. The lowest BCUT2D eigenvalue weighted by molar-refractivity contribution is -0.274. The molecule has 0 fully saturated rings. The molecule has 1 N–H and O–H groups in total. The van der Waals surface area contributed by atoms with Crippen molar-refractivity contribution in [3.8, 4) is 21.9 Å². The predicted molar refractivity (Wildman–Crippen MR) is 119 cm³/mol. The molecular weight excluding hydrogens is 457 g/mol. The van der Waals surface area contributed by atoms with Gasteiger partial charge in [0.05, 0.1) is 0 Å². The Balaban J connectivity index is 1.61. The van der Waals surface area contributed by atoms with E-state index < -0.39 is 18.4 Å². The molecule has 0 saturated carbocycles. The standard InChI is InChI=1S/C24H23F3O5S/c1-3-30-20(23(28)29)13-16-4-8-18(9-5-16)31-14-22-15(2)12-21(33-22)17-6-10-19(11-7-17)32-24(25,26)27/h4-12,20H,3,13-14H2,1-2H3,(H,28,29). The lowest BCUT2D eigenvalue weighted by Crippen LogP contribution is -2.26. The second-order valence-electron chi connectivity index (χ2n) is 7.21. The Morgan fingerprint density at radius 1 is 1.06 bits per heavy atom. The number of hydrogen-bond acceptors (Lipinski definition) is 5. The summed E-state index contributed by atoms with van der Waals surface area (Å²) in [5.74, 6) is -0.615. The third kappa shape index (κ3) is 7.23. The molecule has 3 rings (SSSR count). The van der Waals surface area contributed by atoms with Crippen LogP contribution < -0.4 is 9.47 Å². The van der Waals surface area contributed by atoms with Crippen molar-refractivity contribution < 1.29 is 37.3 Å². The van der Waals surface area contributed by atoms with Gasteiger partial charge in [-0.05, 0) is 73.0 Å². The van der Waals surface area contributed by atoms with Crippen LogP contribution in [-0.2, 0) is 22.6 Å². The average Bonchev–Trinajstić information content (AvgIpc) is 3.12. The van der Waals surface area contributed by atoms with E-state index in [1.165, 1.54) is 23.5 Å². The first-order chi connectivity index (χ1) is 15.6. The van der Waals surface area contributed by atoms with Crippen LogP contribution in [0, 0.1) is 6.92 Å². The Hall–Kier alpha value is -3.04. The molecule has 1 aromatic heterocycles. The first kappa shape index (κ1) is 24.6. The zero-order valence-electron chi connectivity index (χ0n) is 18.0. The largest absolute Gasteiger partial charge is 0.573 e. The van der Waals surface area contributed by atoms with Crippen molar-refractivity contribution in [2.24, 2.45) is 0 Å². The highest BCUT2D eigenvalue weighted by atomic mass is 32.1. The first-order valence-electron chi connectivity index (χ1n) is 10.2. The molecule has 0 aliphatic heterocycles. The Morgan fingerprint density at radius 3 is 2.27 bits per heavy atom. The van der Waals surface area contributed by atoms with Crippen molar-refractivity contribution in [2.75, 3.05) is 6.61 Å². The molecule has 0 amide bonds. The summed E-state index contributed by atoms with van der Waals surface area (Å²) in [6, 6.07) is 14.9. The third-order valence-electron chi connectivity index (χ3n) is 4.75. The molecule has 176 valence electrons. The molecule has 1 atom stereocenters. The van der Waals surface area contributed by atoms with Gasteiger partial charge in [-0.2, -0.15) is 0 Å². The van der Waals surface area contributed by atoms with Gasteiger partial charge in [0.15, 0.2) is 6.10 Å². The van der Waals surface area contributed by atoms with Crippen LogP contribution in [0.3, 0.4) is 0 Å². The summed E-state index contributed by atoms with van der Waals surface area (Å²) < 4.78 is 52.0. The van der Waals surface area contributed by atoms with Gasteiger partial charge < -0.3 is 19.3 Å². The summed E-state index contributed by atoms with van der Waals surface area (Å²) in [6.45, 7) is 4.36. The van der Waals surface area contributed by atoms with E-state index in [0.717, 1.165) is 26.4 Å². The number of halogens is 3. The summed E-state index contributed by atoms with van der Waals surface area (Å²) >= 11 is 1.50. The number of carboxylic acid groups (broad SMARTS) is 1. The maximum Gasteiger partial charge on any atom is 0.573 e. The fraction of sp³-hybridized carbons (Fsp3) is 0.292. The number of aliphatic carboxylic acids is 1. The summed E-state index contributed by atoms with van der Waals surface area (Å²) in [5, 5.41) is 9.20. The summed E-state index contributed by atoms with van der Waals surface area (Å²) in [4.78, 5) is 13.1. The number of carbonyl (C=O) groups is 1. The highest BCUT2D eigenvalue weighted by Gasteiger charge is 2.31. The van der Waals surface area contributed by atoms with Crippen LogP contribution in [0.4, 0.5) is 13.2 Å². The lowest BCUT2D eigenvalue weighted by Gasteiger charge is -2.13. The smallest absolute Gasteiger partial charge is 0.488 e. The van der Waals surface area contributed by atoms with Gasteiger partial charge in [0, 0.05) is 22.8 Å². The molecular formula is C24H23F3O5S. The molecule has 0 bridgehead atoms. The van der Waals surface area contributed by atoms with Gasteiger partial charge in [-0.15, -0.1) is 24.5 Å². The molecule has 3 aromatic rings. The fourth-order valence-corrected chi connectivity index (χ4v) is 4.22. The van der Waals surface area contributed by atoms with E-state index in [0.29, 0.717) is 19.0 Å². The van der Waals surface area contributed by atoms with Gasteiger partial charge in [0.1, 0.15) is 18.1 Å². The molecule has 1 unspecified atom stereocenters. The fourth-order valence-electron chi connectivity index (χ4n) is 3.13. The number of rotatable bonds is 10. The minimum absolute atomic E-state index is 0.262. The number of alkyl halides is 3. The van der Waals surface area contributed by atoms with E-state index in [-0.39, 0.29) is 12.2 Å². The molecule has 0 spiro atoms. The van der Waals surface area contributed by atoms with Gasteiger partial charge in [-0.1, -0.05) is 12.1 Å². The van der Waals surface area contributed by atoms with E-state index in [2.05, 4.69) is 4.74 Å². The van der Waals surface area contributed by atoms with E-state index >= 15 is 0 Å². The predicted octanol–water partition coefficient (Wildman–Crippen LogP) is 6.23. The first-order valence-corrected chi connectivity index (χ1v) is 11.0. The second kappa shape index (κ2) is 10.7. The number of benzene rings is 2. The second-order valence-corrected chi connectivity index (χ2v) is 8.34. The Kier molecular flexibility index (Phi) is 7.99. The zero-order valence-corrected chi connectivity index (χ0v) is 18.8. The number of carboxylic acids is 1. The number of ether oxygens (including phenoxy) is 3. The summed E-state index contributed by atoms with van der Waals surface area (Å²) in [7, 11) is 0. The van der Waals surface area contributed by atoms with Gasteiger partial charge in [0.25, 0.3) is 0 Å². The van der Waals surface area contributed by atoms with Crippen molar-refractivity contribution in [1.82, 2.24) is 0 Å². The zero-order chi connectivity index (χ0) is 24.0. The van der Waals surface area contributed by atoms with Gasteiger partial charge in [-0.25, -0.2) is 4.79 Å². The minimum Gasteiger partial charge on any atom is -0.488 e. The molecule has 33 heavy (non-hydrogen) atoms. The van der Waals surface area contributed by atoms with Crippen molar-refractivity contribution in [3.05, 3.63) is 70.6 Å². The van der Waals surface area contributed by atoms with Crippen LogP contribution in [0.2, 0.25) is 0 Å². The average molecular weight is 481 g/mol. The normalized spacial score (nSPS) is 12.4. The SMILES string of the molecule is CCOC(Cc1ccc(OCc2sc(-c3ccc(OC(F)(F)F)cc3)cc2C)cc1)C(=O)O. The molecule has 5 nitrogen and oxygen atoms in total. The minimum atomic E-state index is -4.72. The van der Waals surface area contributed by atoms with E-state index in [1.807, 2.05) is 25.1 Å². The molecule has 0 saturated heterocycles. The highest BCUT2D eigenvalue weighted by molar-refractivity contribution is 7.15. The van der Waals surface area contributed by atoms with E-state index in [1.54, 1.807) is 31.2 Å². The van der Waals surface area contributed by atoms with Crippen LogP contribution in [0.5, 0.6) is 11.5 Å². The van der Waals surface area contributed by atoms with Crippen LogP contribution in [-0.4, -0.2) is 30.1 Å². The highest BCUT2D eigenvalue weighted by Crippen LogP contribution is 2.33. The van der Waals surface area contributed by atoms with Gasteiger partial charge in [0.2, 0.25) is 0 Å². The van der Waals surface area contributed by atoms with Crippen molar-refractivity contribution >= 4 is 17.3 Å². The summed E-state index contributed by atoms with van der Waals surface area (Å²) in [6.07, 6.45) is -5.34.